The summed E-state index contributed by atoms with van der Waals surface area (Å²) in [5.74, 6) is 0.572. The predicted octanol–water partition coefficient (Wildman–Crippen LogP) is 2.93. The standard InChI is InChI=1S/C14H20O3/c1-5-14(3,13(15)17-6-2)11-8-7-9-12(10-11)16-4/h7-10H,5-6H2,1-4H3. The number of rotatable bonds is 5. The minimum absolute atomic E-state index is 0.184. The molecular formula is C14H20O3. The summed E-state index contributed by atoms with van der Waals surface area (Å²) >= 11 is 0. The highest BCUT2D eigenvalue weighted by Gasteiger charge is 2.35. The SMILES string of the molecule is CCOC(=O)C(C)(CC)c1cccc(OC)c1. The van der Waals surface area contributed by atoms with Crippen LogP contribution in [0.5, 0.6) is 5.75 Å². The molecule has 1 atom stereocenters. The lowest BCUT2D eigenvalue weighted by Gasteiger charge is -2.26. The Morgan fingerprint density at radius 2 is 2.06 bits per heavy atom. The summed E-state index contributed by atoms with van der Waals surface area (Å²) in [7, 11) is 1.62. The van der Waals surface area contributed by atoms with Gasteiger partial charge in [-0.2, -0.15) is 0 Å². The largest absolute Gasteiger partial charge is 0.497 e. The van der Waals surface area contributed by atoms with Crippen LogP contribution in [0.4, 0.5) is 0 Å². The average molecular weight is 236 g/mol. The normalized spacial score (nSPS) is 13.9. The van der Waals surface area contributed by atoms with Crippen LogP contribution >= 0.6 is 0 Å². The molecule has 17 heavy (non-hydrogen) atoms. The Hall–Kier alpha value is -1.51. The van der Waals surface area contributed by atoms with E-state index in [1.54, 1.807) is 7.11 Å². The van der Waals surface area contributed by atoms with Gasteiger partial charge in [0.15, 0.2) is 0 Å². The fraction of sp³-hybridized carbons (Fsp3) is 0.500. The summed E-state index contributed by atoms with van der Waals surface area (Å²) in [5.41, 5.74) is 0.322. The molecule has 3 nitrogen and oxygen atoms in total. The number of hydrogen-bond acceptors (Lipinski definition) is 3. The van der Waals surface area contributed by atoms with Crippen molar-refractivity contribution in [3.63, 3.8) is 0 Å². The Bertz CT molecular complexity index is 387. The van der Waals surface area contributed by atoms with Crippen LogP contribution in [0.1, 0.15) is 32.8 Å². The fourth-order valence-corrected chi connectivity index (χ4v) is 1.72. The van der Waals surface area contributed by atoms with Crippen LogP contribution in [-0.4, -0.2) is 19.7 Å². The van der Waals surface area contributed by atoms with Crippen molar-refractivity contribution in [2.45, 2.75) is 32.6 Å². The van der Waals surface area contributed by atoms with E-state index in [2.05, 4.69) is 0 Å². The second-order valence-corrected chi connectivity index (χ2v) is 4.14. The van der Waals surface area contributed by atoms with Crippen LogP contribution in [0, 0.1) is 0 Å². The van der Waals surface area contributed by atoms with E-state index in [4.69, 9.17) is 9.47 Å². The van der Waals surface area contributed by atoms with Gasteiger partial charge in [-0.05, 0) is 38.0 Å². The maximum atomic E-state index is 12.0. The molecule has 0 N–H and O–H groups in total. The van der Waals surface area contributed by atoms with Crippen LogP contribution < -0.4 is 4.74 Å². The second kappa shape index (κ2) is 5.71. The van der Waals surface area contributed by atoms with E-state index in [1.807, 2.05) is 45.0 Å². The number of methoxy groups -OCH3 is 1. The maximum Gasteiger partial charge on any atom is 0.316 e. The van der Waals surface area contributed by atoms with Gasteiger partial charge in [0.25, 0.3) is 0 Å². The second-order valence-electron chi connectivity index (χ2n) is 4.14. The van der Waals surface area contributed by atoms with Crippen molar-refractivity contribution in [3.8, 4) is 5.75 Å². The molecule has 1 rings (SSSR count). The molecule has 0 spiro atoms. The summed E-state index contributed by atoms with van der Waals surface area (Å²) in [5, 5.41) is 0. The summed E-state index contributed by atoms with van der Waals surface area (Å²) in [6.07, 6.45) is 0.693. The molecule has 0 aromatic heterocycles. The van der Waals surface area contributed by atoms with E-state index in [9.17, 15) is 4.79 Å². The highest BCUT2D eigenvalue weighted by molar-refractivity contribution is 5.82. The number of hydrogen-bond donors (Lipinski definition) is 0. The molecule has 0 radical (unpaired) electrons. The first kappa shape index (κ1) is 13.6. The van der Waals surface area contributed by atoms with Gasteiger partial charge in [-0.1, -0.05) is 19.1 Å². The first-order chi connectivity index (χ1) is 8.08. The summed E-state index contributed by atoms with van der Waals surface area (Å²) in [6.45, 7) is 6.11. The van der Waals surface area contributed by atoms with Gasteiger partial charge < -0.3 is 9.47 Å². The third-order valence-corrected chi connectivity index (χ3v) is 3.14. The Morgan fingerprint density at radius 1 is 1.35 bits per heavy atom. The van der Waals surface area contributed by atoms with E-state index in [-0.39, 0.29) is 5.97 Å². The van der Waals surface area contributed by atoms with E-state index < -0.39 is 5.41 Å². The molecule has 0 aliphatic rings. The van der Waals surface area contributed by atoms with Crippen LogP contribution in [0.3, 0.4) is 0 Å². The van der Waals surface area contributed by atoms with Gasteiger partial charge in [0, 0.05) is 0 Å². The van der Waals surface area contributed by atoms with Crippen molar-refractivity contribution < 1.29 is 14.3 Å². The van der Waals surface area contributed by atoms with Gasteiger partial charge in [0.1, 0.15) is 5.75 Å². The average Bonchev–Trinajstić information content (AvgIpc) is 2.38. The van der Waals surface area contributed by atoms with Crippen molar-refractivity contribution in [1.29, 1.82) is 0 Å². The van der Waals surface area contributed by atoms with Gasteiger partial charge in [-0.15, -0.1) is 0 Å². The summed E-state index contributed by atoms with van der Waals surface area (Å²) < 4.78 is 10.3. The lowest BCUT2D eigenvalue weighted by atomic mass is 9.80. The molecule has 0 heterocycles. The Kier molecular flexibility index (Phi) is 4.55. The molecule has 3 heteroatoms. The zero-order chi connectivity index (χ0) is 12.9. The van der Waals surface area contributed by atoms with Crippen LogP contribution in [0.15, 0.2) is 24.3 Å². The molecule has 0 aliphatic heterocycles. The van der Waals surface area contributed by atoms with Gasteiger partial charge >= 0.3 is 5.97 Å². The minimum Gasteiger partial charge on any atom is -0.497 e. The monoisotopic (exact) mass is 236 g/mol. The number of esters is 1. The first-order valence-electron chi connectivity index (χ1n) is 5.90. The molecule has 0 bridgehead atoms. The highest BCUT2D eigenvalue weighted by Crippen LogP contribution is 2.31. The quantitative estimate of drug-likeness (QED) is 0.737. The topological polar surface area (TPSA) is 35.5 Å². The third-order valence-electron chi connectivity index (χ3n) is 3.14. The molecule has 1 aromatic rings. The van der Waals surface area contributed by atoms with Crippen molar-refractivity contribution in [3.05, 3.63) is 29.8 Å². The lowest BCUT2D eigenvalue weighted by Crippen LogP contribution is -2.33. The summed E-state index contributed by atoms with van der Waals surface area (Å²) in [6, 6.07) is 7.58. The number of benzene rings is 1. The Labute approximate surface area is 103 Å². The zero-order valence-corrected chi connectivity index (χ0v) is 10.9. The van der Waals surface area contributed by atoms with Crippen molar-refractivity contribution in [2.24, 2.45) is 0 Å². The third kappa shape index (κ3) is 2.78. The molecule has 0 fully saturated rings. The van der Waals surface area contributed by atoms with Crippen molar-refractivity contribution >= 4 is 5.97 Å². The van der Waals surface area contributed by atoms with Crippen molar-refractivity contribution in [2.75, 3.05) is 13.7 Å². The van der Waals surface area contributed by atoms with Crippen molar-refractivity contribution in [1.82, 2.24) is 0 Å². The molecule has 0 saturated heterocycles. The maximum absolute atomic E-state index is 12.0. The van der Waals surface area contributed by atoms with Gasteiger partial charge in [-0.3, -0.25) is 4.79 Å². The summed E-state index contributed by atoms with van der Waals surface area (Å²) in [4.78, 5) is 12.0. The zero-order valence-electron chi connectivity index (χ0n) is 10.9. The molecule has 0 aliphatic carbocycles. The smallest absolute Gasteiger partial charge is 0.316 e. The molecular weight excluding hydrogens is 216 g/mol. The van der Waals surface area contributed by atoms with Gasteiger partial charge in [0.2, 0.25) is 0 Å². The minimum atomic E-state index is -0.607. The molecule has 1 aromatic carbocycles. The van der Waals surface area contributed by atoms with Gasteiger partial charge in [0.05, 0.1) is 19.1 Å². The number of carbonyl (C=O) groups excluding carboxylic acids is 1. The lowest BCUT2D eigenvalue weighted by molar-refractivity contribution is -0.149. The van der Waals surface area contributed by atoms with Crippen LogP contribution in [0.2, 0.25) is 0 Å². The number of carbonyl (C=O) groups is 1. The molecule has 0 saturated carbocycles. The number of ether oxygens (including phenoxy) is 2. The van der Waals surface area contributed by atoms with E-state index in [0.29, 0.717) is 13.0 Å². The molecule has 0 amide bonds. The van der Waals surface area contributed by atoms with Gasteiger partial charge in [-0.25, -0.2) is 0 Å². The first-order valence-corrected chi connectivity index (χ1v) is 5.90. The van der Waals surface area contributed by atoms with Crippen LogP contribution in [-0.2, 0) is 14.9 Å². The van der Waals surface area contributed by atoms with E-state index >= 15 is 0 Å². The molecule has 94 valence electrons. The van der Waals surface area contributed by atoms with E-state index in [0.717, 1.165) is 11.3 Å². The highest BCUT2D eigenvalue weighted by atomic mass is 16.5. The van der Waals surface area contributed by atoms with Crippen LogP contribution in [0.25, 0.3) is 0 Å². The van der Waals surface area contributed by atoms with E-state index in [1.165, 1.54) is 0 Å². The fourth-order valence-electron chi connectivity index (χ4n) is 1.72. The Balaban J connectivity index is 3.10. The Morgan fingerprint density at radius 3 is 2.59 bits per heavy atom. The predicted molar refractivity (Wildman–Crippen MR) is 67.3 cm³/mol. The molecule has 1 unspecified atom stereocenters.